The predicted octanol–water partition coefficient (Wildman–Crippen LogP) is -0.0139. The molecule has 1 aliphatic heterocycles. The van der Waals surface area contributed by atoms with E-state index in [2.05, 4.69) is 0 Å². The van der Waals surface area contributed by atoms with Crippen molar-refractivity contribution in [1.29, 1.82) is 0 Å². The monoisotopic (exact) mass is 132 g/mol. The van der Waals surface area contributed by atoms with E-state index in [1.165, 1.54) is 7.11 Å². The highest BCUT2D eigenvalue weighted by Crippen LogP contribution is 2.19. The minimum atomic E-state index is -0.449. The Morgan fingerprint density at radius 3 is 2.56 bits per heavy atom. The minimum Gasteiger partial charge on any atom is -0.387 e. The van der Waals surface area contributed by atoms with Crippen molar-refractivity contribution in [3.05, 3.63) is 0 Å². The third kappa shape index (κ3) is 1.23. The lowest BCUT2D eigenvalue weighted by Crippen LogP contribution is -2.26. The molecule has 0 amide bonds. The molecule has 54 valence electrons. The van der Waals surface area contributed by atoms with Crippen molar-refractivity contribution in [2.75, 3.05) is 13.7 Å². The highest BCUT2D eigenvalue weighted by atomic mass is 16.7. The van der Waals surface area contributed by atoms with E-state index < -0.39 is 12.4 Å². The second-order valence-corrected chi connectivity index (χ2v) is 2.41. The predicted molar refractivity (Wildman–Crippen MR) is 31.9 cm³/mol. The fourth-order valence-corrected chi connectivity index (χ4v) is 0.920. The summed E-state index contributed by atoms with van der Waals surface area (Å²) in [5.74, 6) is 0.204. The van der Waals surface area contributed by atoms with E-state index in [1.807, 2.05) is 6.92 Å². The van der Waals surface area contributed by atoms with Gasteiger partial charge in [-0.15, -0.1) is 0 Å². The first-order valence-corrected chi connectivity index (χ1v) is 3.08. The molecule has 0 aliphatic carbocycles. The first-order chi connectivity index (χ1) is 4.25. The second kappa shape index (κ2) is 2.64. The summed E-state index contributed by atoms with van der Waals surface area (Å²) >= 11 is 0. The van der Waals surface area contributed by atoms with Gasteiger partial charge in [0.25, 0.3) is 0 Å². The van der Waals surface area contributed by atoms with Crippen molar-refractivity contribution in [3.8, 4) is 0 Å². The van der Waals surface area contributed by atoms with Gasteiger partial charge < -0.3 is 14.6 Å². The lowest BCUT2D eigenvalue weighted by Gasteiger charge is -2.12. The maximum Gasteiger partial charge on any atom is 0.183 e. The molecule has 0 aromatic carbocycles. The van der Waals surface area contributed by atoms with Gasteiger partial charge >= 0.3 is 0 Å². The van der Waals surface area contributed by atoms with Crippen LogP contribution in [-0.2, 0) is 9.47 Å². The van der Waals surface area contributed by atoms with Crippen LogP contribution < -0.4 is 0 Å². The Balaban J connectivity index is 2.41. The molecule has 0 radical (unpaired) electrons. The van der Waals surface area contributed by atoms with Gasteiger partial charge in [-0.3, -0.25) is 0 Å². The summed E-state index contributed by atoms with van der Waals surface area (Å²) in [6.45, 7) is 2.53. The van der Waals surface area contributed by atoms with Gasteiger partial charge in [-0.25, -0.2) is 0 Å². The highest BCUT2D eigenvalue weighted by Gasteiger charge is 2.32. The summed E-state index contributed by atoms with van der Waals surface area (Å²) < 4.78 is 9.88. The Bertz CT molecular complexity index is 94.3. The number of aliphatic hydroxyl groups is 1. The molecule has 1 N–H and O–H groups in total. The zero-order chi connectivity index (χ0) is 6.85. The normalized spacial score (nSPS) is 43.7. The SMILES string of the molecule is CO[C@H]1OC[C@@H](C)[C@@H]1O. The molecule has 0 aromatic rings. The zero-order valence-corrected chi connectivity index (χ0v) is 5.70. The maximum absolute atomic E-state index is 9.21. The molecule has 0 unspecified atom stereocenters. The number of methoxy groups -OCH3 is 1. The van der Waals surface area contributed by atoms with Crippen LogP contribution in [0.3, 0.4) is 0 Å². The van der Waals surface area contributed by atoms with E-state index >= 15 is 0 Å². The number of hydrogen-bond acceptors (Lipinski definition) is 3. The summed E-state index contributed by atoms with van der Waals surface area (Å²) in [4.78, 5) is 0. The van der Waals surface area contributed by atoms with E-state index in [9.17, 15) is 5.11 Å². The summed E-state index contributed by atoms with van der Waals surface area (Å²) in [5, 5.41) is 9.21. The molecule has 0 spiro atoms. The van der Waals surface area contributed by atoms with Crippen LogP contribution in [0.15, 0.2) is 0 Å². The van der Waals surface area contributed by atoms with Gasteiger partial charge in [0, 0.05) is 13.0 Å². The maximum atomic E-state index is 9.21. The van der Waals surface area contributed by atoms with Crippen molar-refractivity contribution < 1.29 is 14.6 Å². The second-order valence-electron chi connectivity index (χ2n) is 2.41. The Kier molecular flexibility index (Phi) is 2.05. The van der Waals surface area contributed by atoms with Crippen LogP contribution in [0.25, 0.3) is 0 Å². The van der Waals surface area contributed by atoms with Crippen LogP contribution in [0.4, 0.5) is 0 Å². The smallest absolute Gasteiger partial charge is 0.183 e. The van der Waals surface area contributed by atoms with E-state index in [1.54, 1.807) is 0 Å². The Morgan fingerprint density at radius 2 is 2.33 bits per heavy atom. The Labute approximate surface area is 54.6 Å². The topological polar surface area (TPSA) is 38.7 Å². The lowest BCUT2D eigenvalue weighted by molar-refractivity contribution is -0.132. The summed E-state index contributed by atoms with van der Waals surface area (Å²) in [6.07, 6.45) is -0.852. The van der Waals surface area contributed by atoms with Crippen LogP contribution in [0.5, 0.6) is 0 Å². The summed E-state index contributed by atoms with van der Waals surface area (Å²) in [5.41, 5.74) is 0. The van der Waals surface area contributed by atoms with E-state index in [4.69, 9.17) is 9.47 Å². The Morgan fingerprint density at radius 1 is 1.67 bits per heavy atom. The van der Waals surface area contributed by atoms with Gasteiger partial charge in [-0.1, -0.05) is 6.92 Å². The third-order valence-electron chi connectivity index (χ3n) is 1.62. The minimum absolute atomic E-state index is 0.204. The van der Waals surface area contributed by atoms with Crippen LogP contribution >= 0.6 is 0 Å². The lowest BCUT2D eigenvalue weighted by atomic mass is 10.1. The highest BCUT2D eigenvalue weighted by molar-refractivity contribution is 4.73. The fourth-order valence-electron chi connectivity index (χ4n) is 0.920. The summed E-state index contributed by atoms with van der Waals surface area (Å²) in [6, 6.07) is 0. The van der Waals surface area contributed by atoms with Crippen molar-refractivity contribution in [3.63, 3.8) is 0 Å². The number of ether oxygens (including phenoxy) is 2. The van der Waals surface area contributed by atoms with E-state index in [-0.39, 0.29) is 5.92 Å². The molecule has 1 fully saturated rings. The number of hydrogen-bond donors (Lipinski definition) is 1. The molecule has 0 saturated carbocycles. The molecule has 1 heterocycles. The van der Waals surface area contributed by atoms with Crippen LogP contribution in [0, 0.1) is 5.92 Å². The molecular formula is C6H12O3. The fraction of sp³-hybridized carbons (Fsp3) is 1.00. The zero-order valence-electron chi connectivity index (χ0n) is 5.70. The van der Waals surface area contributed by atoms with Crippen molar-refractivity contribution in [2.24, 2.45) is 5.92 Å². The number of aliphatic hydroxyl groups excluding tert-OH is 1. The van der Waals surface area contributed by atoms with Crippen molar-refractivity contribution in [2.45, 2.75) is 19.3 Å². The van der Waals surface area contributed by atoms with Crippen LogP contribution in [0.1, 0.15) is 6.92 Å². The van der Waals surface area contributed by atoms with Crippen molar-refractivity contribution >= 4 is 0 Å². The quantitative estimate of drug-likeness (QED) is 0.545. The molecule has 3 atom stereocenters. The number of rotatable bonds is 1. The van der Waals surface area contributed by atoms with Gasteiger partial charge in [0.1, 0.15) is 6.10 Å². The molecule has 3 heteroatoms. The molecule has 0 aromatic heterocycles. The molecule has 9 heavy (non-hydrogen) atoms. The molecule has 1 aliphatic rings. The van der Waals surface area contributed by atoms with E-state index in [0.29, 0.717) is 6.61 Å². The Hall–Kier alpha value is -0.120. The van der Waals surface area contributed by atoms with Gasteiger partial charge in [-0.2, -0.15) is 0 Å². The largest absolute Gasteiger partial charge is 0.387 e. The molecule has 1 saturated heterocycles. The van der Waals surface area contributed by atoms with Gasteiger partial charge in [0.2, 0.25) is 0 Å². The molecule has 0 bridgehead atoms. The van der Waals surface area contributed by atoms with Gasteiger partial charge in [0.15, 0.2) is 6.29 Å². The van der Waals surface area contributed by atoms with Gasteiger partial charge in [0.05, 0.1) is 6.61 Å². The summed E-state index contributed by atoms with van der Waals surface area (Å²) in [7, 11) is 1.53. The third-order valence-corrected chi connectivity index (χ3v) is 1.62. The standard InChI is InChI=1S/C6H12O3/c1-4-3-9-6(8-2)5(4)7/h4-7H,3H2,1-2H3/t4-,5+,6+/m1/s1. The average Bonchev–Trinajstić information content (AvgIpc) is 2.15. The molecular weight excluding hydrogens is 120 g/mol. The van der Waals surface area contributed by atoms with Crippen LogP contribution in [-0.4, -0.2) is 31.2 Å². The molecule has 3 nitrogen and oxygen atoms in total. The molecule has 1 rings (SSSR count). The first-order valence-electron chi connectivity index (χ1n) is 3.08. The van der Waals surface area contributed by atoms with Crippen molar-refractivity contribution in [1.82, 2.24) is 0 Å². The van der Waals surface area contributed by atoms with Crippen LogP contribution in [0.2, 0.25) is 0 Å². The first kappa shape index (κ1) is 6.99. The van der Waals surface area contributed by atoms with E-state index in [0.717, 1.165) is 0 Å². The van der Waals surface area contributed by atoms with Gasteiger partial charge in [-0.05, 0) is 0 Å². The average molecular weight is 132 g/mol.